The number of ether oxygens (including phenoxy) is 2. The maximum absolute atomic E-state index is 11.9. The molecule has 0 aliphatic rings. The van der Waals surface area contributed by atoms with Gasteiger partial charge in [-0.15, -0.1) is 0 Å². The maximum atomic E-state index is 11.9. The van der Waals surface area contributed by atoms with Crippen LogP contribution in [0.1, 0.15) is 38.7 Å². The van der Waals surface area contributed by atoms with Gasteiger partial charge in [0.05, 0.1) is 13.0 Å². The zero-order valence-corrected chi connectivity index (χ0v) is 13.0. The summed E-state index contributed by atoms with van der Waals surface area (Å²) in [5.74, 6) is -0.710. The molecule has 1 amide bonds. The van der Waals surface area contributed by atoms with Crippen molar-refractivity contribution in [2.45, 2.75) is 38.7 Å². The van der Waals surface area contributed by atoms with Gasteiger partial charge in [0, 0.05) is 6.54 Å². The number of amides is 1. The lowest BCUT2D eigenvalue weighted by molar-refractivity contribution is -0.142. The molecule has 0 heterocycles. The molecule has 0 aliphatic carbocycles. The third-order valence-electron chi connectivity index (χ3n) is 2.79. The summed E-state index contributed by atoms with van der Waals surface area (Å²) >= 11 is 0. The van der Waals surface area contributed by atoms with Crippen LogP contribution in [0.25, 0.3) is 0 Å². The summed E-state index contributed by atoms with van der Waals surface area (Å²) in [5.41, 5.74) is 0.334. The molecule has 1 rings (SSSR count). The second-order valence-corrected chi connectivity index (χ2v) is 5.70. The van der Waals surface area contributed by atoms with Gasteiger partial charge < -0.3 is 14.8 Å². The average Bonchev–Trinajstić information content (AvgIpc) is 2.42. The number of nitrogens with one attached hydrogen (secondary N) is 1. The highest BCUT2D eigenvalue weighted by Gasteiger charge is 2.22. The summed E-state index contributed by atoms with van der Waals surface area (Å²) in [5, 5.41) is 2.65. The third-order valence-corrected chi connectivity index (χ3v) is 2.79. The van der Waals surface area contributed by atoms with Gasteiger partial charge in [-0.2, -0.15) is 0 Å². The van der Waals surface area contributed by atoms with Crippen LogP contribution in [-0.4, -0.2) is 31.3 Å². The molecule has 0 spiro atoms. The van der Waals surface area contributed by atoms with E-state index >= 15 is 0 Å². The summed E-state index contributed by atoms with van der Waals surface area (Å²) in [6.07, 6.45) is -0.0326. The van der Waals surface area contributed by atoms with Gasteiger partial charge in [-0.1, -0.05) is 30.3 Å². The number of benzene rings is 1. The number of carbonyl (C=O) groups is 2. The van der Waals surface area contributed by atoms with E-state index in [4.69, 9.17) is 9.47 Å². The molecule has 0 radical (unpaired) electrons. The molecule has 0 saturated carbocycles. The van der Waals surface area contributed by atoms with Gasteiger partial charge >= 0.3 is 12.1 Å². The monoisotopic (exact) mass is 293 g/mol. The number of esters is 1. The van der Waals surface area contributed by atoms with Crippen molar-refractivity contribution in [3.05, 3.63) is 35.9 Å². The topological polar surface area (TPSA) is 64.6 Å². The van der Waals surface area contributed by atoms with E-state index in [0.29, 0.717) is 13.0 Å². The molecule has 1 atom stereocenters. The summed E-state index contributed by atoms with van der Waals surface area (Å²) in [7, 11) is 1.36. The van der Waals surface area contributed by atoms with Gasteiger partial charge in [0.2, 0.25) is 0 Å². The lowest BCUT2D eigenvalue weighted by Gasteiger charge is -2.20. The molecule has 0 aromatic heterocycles. The molecule has 0 aliphatic heterocycles. The Hall–Kier alpha value is -2.04. The largest absolute Gasteiger partial charge is 0.469 e. The minimum atomic E-state index is -0.536. The number of rotatable bonds is 5. The van der Waals surface area contributed by atoms with Gasteiger partial charge in [0.25, 0.3) is 0 Å². The number of alkyl carbamates (subject to hydrolysis) is 1. The van der Waals surface area contributed by atoms with Crippen molar-refractivity contribution < 1.29 is 19.1 Å². The van der Waals surface area contributed by atoms with E-state index in [0.717, 1.165) is 5.56 Å². The molecule has 0 bridgehead atoms. The van der Waals surface area contributed by atoms with Crippen LogP contribution in [0.15, 0.2) is 30.3 Å². The Bertz CT molecular complexity index is 465. The van der Waals surface area contributed by atoms with Crippen LogP contribution in [0.5, 0.6) is 0 Å². The van der Waals surface area contributed by atoms with Crippen molar-refractivity contribution in [3.8, 4) is 0 Å². The SMILES string of the molecule is COC(=O)C(CCNC(=O)OC(C)(C)C)c1ccccc1. The first kappa shape index (κ1) is 17.0. The van der Waals surface area contributed by atoms with Crippen molar-refractivity contribution in [3.63, 3.8) is 0 Å². The first-order chi connectivity index (χ1) is 9.83. The number of hydrogen-bond donors (Lipinski definition) is 1. The molecule has 116 valence electrons. The average molecular weight is 293 g/mol. The zero-order chi connectivity index (χ0) is 15.9. The normalized spacial score (nSPS) is 12.4. The van der Waals surface area contributed by atoms with E-state index in [1.807, 2.05) is 30.3 Å². The molecule has 1 N–H and O–H groups in total. The molecule has 1 aromatic rings. The Morgan fingerprint density at radius 2 is 1.81 bits per heavy atom. The number of methoxy groups -OCH3 is 1. The van der Waals surface area contributed by atoms with Gasteiger partial charge in [0.1, 0.15) is 5.60 Å². The molecule has 5 heteroatoms. The van der Waals surface area contributed by atoms with Crippen LogP contribution >= 0.6 is 0 Å². The second kappa shape index (κ2) is 7.67. The van der Waals surface area contributed by atoms with E-state index in [9.17, 15) is 9.59 Å². The summed E-state index contributed by atoms with van der Waals surface area (Å²) in [6.45, 7) is 5.74. The molecule has 21 heavy (non-hydrogen) atoms. The third kappa shape index (κ3) is 6.29. The maximum Gasteiger partial charge on any atom is 0.407 e. The molecule has 0 fully saturated rings. The Balaban J connectivity index is 2.56. The zero-order valence-electron chi connectivity index (χ0n) is 13.0. The molecule has 1 unspecified atom stereocenters. The van der Waals surface area contributed by atoms with Gasteiger partial charge in [-0.05, 0) is 32.8 Å². The van der Waals surface area contributed by atoms with Crippen LogP contribution in [0.2, 0.25) is 0 Å². The summed E-state index contributed by atoms with van der Waals surface area (Å²) in [6, 6.07) is 9.36. The van der Waals surface area contributed by atoms with Gasteiger partial charge in [0.15, 0.2) is 0 Å². The molecule has 0 saturated heterocycles. The van der Waals surface area contributed by atoms with E-state index in [1.165, 1.54) is 7.11 Å². The van der Waals surface area contributed by atoms with Crippen LogP contribution in [-0.2, 0) is 14.3 Å². The van der Waals surface area contributed by atoms with Crippen molar-refractivity contribution in [2.75, 3.05) is 13.7 Å². The quantitative estimate of drug-likeness (QED) is 0.848. The van der Waals surface area contributed by atoms with Crippen molar-refractivity contribution in [1.29, 1.82) is 0 Å². The van der Waals surface area contributed by atoms with Gasteiger partial charge in [-0.25, -0.2) is 4.79 Å². The lowest BCUT2D eigenvalue weighted by Crippen LogP contribution is -2.34. The fraction of sp³-hybridized carbons (Fsp3) is 0.500. The predicted octanol–water partition coefficient (Wildman–Crippen LogP) is 2.86. The fourth-order valence-corrected chi connectivity index (χ4v) is 1.88. The highest BCUT2D eigenvalue weighted by Crippen LogP contribution is 2.20. The van der Waals surface area contributed by atoms with Crippen molar-refractivity contribution in [1.82, 2.24) is 5.32 Å². The summed E-state index contributed by atoms with van der Waals surface area (Å²) < 4.78 is 9.97. The van der Waals surface area contributed by atoms with E-state index < -0.39 is 17.6 Å². The van der Waals surface area contributed by atoms with Crippen LogP contribution in [0.4, 0.5) is 4.79 Å². The van der Waals surface area contributed by atoms with Crippen molar-refractivity contribution >= 4 is 12.1 Å². The summed E-state index contributed by atoms with van der Waals surface area (Å²) in [4.78, 5) is 23.4. The van der Waals surface area contributed by atoms with Gasteiger partial charge in [-0.3, -0.25) is 4.79 Å². The highest BCUT2D eigenvalue weighted by molar-refractivity contribution is 5.78. The molecule has 5 nitrogen and oxygen atoms in total. The Labute approximate surface area is 125 Å². The Morgan fingerprint density at radius 3 is 2.33 bits per heavy atom. The first-order valence-electron chi connectivity index (χ1n) is 6.93. The van der Waals surface area contributed by atoms with E-state index in [-0.39, 0.29) is 5.97 Å². The fourth-order valence-electron chi connectivity index (χ4n) is 1.88. The van der Waals surface area contributed by atoms with Crippen molar-refractivity contribution in [2.24, 2.45) is 0 Å². The first-order valence-corrected chi connectivity index (χ1v) is 6.93. The Morgan fingerprint density at radius 1 is 1.19 bits per heavy atom. The van der Waals surface area contributed by atoms with E-state index in [1.54, 1.807) is 20.8 Å². The lowest BCUT2D eigenvalue weighted by atomic mass is 9.96. The number of hydrogen-bond acceptors (Lipinski definition) is 4. The highest BCUT2D eigenvalue weighted by atomic mass is 16.6. The minimum Gasteiger partial charge on any atom is -0.469 e. The second-order valence-electron chi connectivity index (χ2n) is 5.70. The molecular weight excluding hydrogens is 270 g/mol. The van der Waals surface area contributed by atoms with Crippen LogP contribution in [0, 0.1) is 0 Å². The smallest absolute Gasteiger partial charge is 0.407 e. The van der Waals surface area contributed by atoms with Crippen LogP contribution < -0.4 is 5.32 Å². The Kier molecular flexibility index (Phi) is 6.21. The van der Waals surface area contributed by atoms with Crippen LogP contribution in [0.3, 0.4) is 0 Å². The molecule has 1 aromatic carbocycles. The standard InChI is InChI=1S/C16H23NO4/c1-16(2,3)21-15(19)17-11-10-13(14(18)20-4)12-8-6-5-7-9-12/h5-9,13H,10-11H2,1-4H3,(H,17,19). The van der Waals surface area contributed by atoms with E-state index in [2.05, 4.69) is 5.32 Å². The number of carbonyl (C=O) groups excluding carboxylic acids is 2. The molecular formula is C16H23NO4. The predicted molar refractivity (Wildman–Crippen MR) is 80.1 cm³/mol. The minimum absolute atomic E-state index is 0.313.